The molecule has 1 aliphatic rings. The van der Waals surface area contributed by atoms with Crippen molar-refractivity contribution in [2.24, 2.45) is 0 Å². The number of aromatic nitrogens is 2. The van der Waals surface area contributed by atoms with E-state index in [2.05, 4.69) is 10.1 Å². The molecule has 1 unspecified atom stereocenters. The van der Waals surface area contributed by atoms with Crippen LogP contribution in [0.15, 0.2) is 27.6 Å². The van der Waals surface area contributed by atoms with Crippen molar-refractivity contribution >= 4 is 10.0 Å². The van der Waals surface area contributed by atoms with E-state index in [-0.39, 0.29) is 6.04 Å². The van der Waals surface area contributed by atoms with Crippen molar-refractivity contribution in [3.63, 3.8) is 0 Å². The summed E-state index contributed by atoms with van der Waals surface area (Å²) in [5.74, 6) is 0.896. The van der Waals surface area contributed by atoms with E-state index in [0.29, 0.717) is 29.6 Å². The van der Waals surface area contributed by atoms with Crippen molar-refractivity contribution in [2.75, 3.05) is 6.54 Å². The smallest absolute Gasteiger partial charge is 0.245 e. The average molecular weight is 321 g/mol. The van der Waals surface area contributed by atoms with Crippen molar-refractivity contribution in [1.82, 2.24) is 14.4 Å². The Morgan fingerprint density at radius 2 is 2.00 bits per heavy atom. The molecule has 1 atom stereocenters. The van der Waals surface area contributed by atoms with Gasteiger partial charge in [-0.3, -0.25) is 0 Å². The van der Waals surface area contributed by atoms with E-state index in [1.54, 1.807) is 19.1 Å². The van der Waals surface area contributed by atoms with E-state index >= 15 is 0 Å². The summed E-state index contributed by atoms with van der Waals surface area (Å²) in [6, 6.07) is 4.85. The largest absolute Gasteiger partial charge is 0.338 e. The average Bonchev–Trinajstić information content (AvgIpc) is 3.10. The highest BCUT2D eigenvalue weighted by Crippen LogP contribution is 2.36. The summed E-state index contributed by atoms with van der Waals surface area (Å²) in [7, 11) is -3.56. The molecule has 2 heterocycles. The fourth-order valence-corrected chi connectivity index (χ4v) is 4.47. The number of hydrogen-bond acceptors (Lipinski definition) is 5. The number of benzene rings is 1. The Balaban J connectivity index is 1.98. The first-order valence-electron chi connectivity index (χ1n) is 7.29. The van der Waals surface area contributed by atoms with Gasteiger partial charge in [-0.1, -0.05) is 11.2 Å². The summed E-state index contributed by atoms with van der Waals surface area (Å²) in [5.41, 5.74) is 2.04. The fourth-order valence-electron chi connectivity index (χ4n) is 2.73. The van der Waals surface area contributed by atoms with E-state index in [4.69, 9.17) is 4.52 Å². The van der Waals surface area contributed by atoms with Gasteiger partial charge in [0.1, 0.15) is 6.04 Å². The molecule has 0 spiro atoms. The summed E-state index contributed by atoms with van der Waals surface area (Å²) in [6.07, 6.45) is 1.49. The first kappa shape index (κ1) is 15.2. The van der Waals surface area contributed by atoms with Gasteiger partial charge >= 0.3 is 0 Å². The Morgan fingerprint density at radius 3 is 2.64 bits per heavy atom. The van der Waals surface area contributed by atoms with E-state index in [1.807, 2.05) is 19.9 Å². The van der Waals surface area contributed by atoms with Crippen LogP contribution in [0, 0.1) is 20.8 Å². The maximum absolute atomic E-state index is 12.9. The summed E-state index contributed by atoms with van der Waals surface area (Å²) in [5, 5.41) is 3.77. The molecule has 2 aromatic rings. The predicted octanol–water partition coefficient (Wildman–Crippen LogP) is 2.52. The van der Waals surface area contributed by atoms with Gasteiger partial charge in [0.25, 0.3) is 0 Å². The number of aryl methyl sites for hydroxylation is 3. The molecule has 1 fully saturated rings. The molecule has 0 bridgehead atoms. The first-order chi connectivity index (χ1) is 10.4. The van der Waals surface area contributed by atoms with E-state index in [1.165, 1.54) is 4.31 Å². The highest BCUT2D eigenvalue weighted by Gasteiger charge is 2.39. The molecule has 1 aromatic heterocycles. The molecule has 118 valence electrons. The third-order valence-electron chi connectivity index (χ3n) is 4.12. The van der Waals surface area contributed by atoms with Crippen LogP contribution in [0.3, 0.4) is 0 Å². The third kappa shape index (κ3) is 2.55. The van der Waals surface area contributed by atoms with Crippen molar-refractivity contribution in [3.8, 4) is 0 Å². The zero-order chi connectivity index (χ0) is 15.9. The van der Waals surface area contributed by atoms with Crippen LogP contribution in [0.2, 0.25) is 0 Å². The van der Waals surface area contributed by atoms with Gasteiger partial charge in [0.15, 0.2) is 5.82 Å². The zero-order valence-electron chi connectivity index (χ0n) is 12.9. The van der Waals surface area contributed by atoms with Gasteiger partial charge in [-0.2, -0.15) is 9.29 Å². The maximum atomic E-state index is 12.9. The van der Waals surface area contributed by atoms with Gasteiger partial charge in [-0.05, 0) is 56.9 Å². The van der Waals surface area contributed by atoms with Crippen LogP contribution in [-0.4, -0.2) is 29.4 Å². The lowest BCUT2D eigenvalue weighted by atomic mass is 10.1. The molecule has 1 saturated heterocycles. The van der Waals surface area contributed by atoms with Crippen molar-refractivity contribution < 1.29 is 12.9 Å². The molecule has 1 aromatic carbocycles. The molecule has 22 heavy (non-hydrogen) atoms. The van der Waals surface area contributed by atoms with Crippen LogP contribution in [-0.2, 0) is 10.0 Å². The Kier molecular flexibility index (Phi) is 3.78. The molecular weight excluding hydrogens is 302 g/mol. The molecule has 7 heteroatoms. The second-order valence-electron chi connectivity index (χ2n) is 5.70. The number of nitrogens with zero attached hydrogens (tertiary/aromatic N) is 3. The van der Waals surface area contributed by atoms with Gasteiger partial charge in [0.2, 0.25) is 15.9 Å². The lowest BCUT2D eigenvalue weighted by Gasteiger charge is -2.21. The van der Waals surface area contributed by atoms with E-state index in [9.17, 15) is 8.42 Å². The topological polar surface area (TPSA) is 76.3 Å². The molecule has 6 nitrogen and oxygen atoms in total. The van der Waals surface area contributed by atoms with Crippen LogP contribution in [0.1, 0.15) is 41.7 Å². The van der Waals surface area contributed by atoms with Gasteiger partial charge in [0.05, 0.1) is 4.90 Å². The SMILES string of the molecule is Cc1noc(C2CCCN2S(=O)(=O)c2ccc(C)c(C)c2)n1. The van der Waals surface area contributed by atoms with Crippen molar-refractivity contribution in [3.05, 3.63) is 41.0 Å². The van der Waals surface area contributed by atoms with Crippen LogP contribution in [0.5, 0.6) is 0 Å². The minimum Gasteiger partial charge on any atom is -0.338 e. The number of hydrogen-bond donors (Lipinski definition) is 0. The molecule has 3 rings (SSSR count). The van der Waals surface area contributed by atoms with Gasteiger partial charge in [-0.15, -0.1) is 0 Å². The molecule has 1 aliphatic heterocycles. The van der Waals surface area contributed by atoms with Gasteiger partial charge < -0.3 is 4.52 Å². The molecular formula is C15H19N3O3S. The number of rotatable bonds is 3. The quantitative estimate of drug-likeness (QED) is 0.868. The molecule has 0 saturated carbocycles. The number of sulfonamides is 1. The van der Waals surface area contributed by atoms with Crippen LogP contribution < -0.4 is 0 Å². The third-order valence-corrected chi connectivity index (χ3v) is 6.02. The Bertz CT molecular complexity index is 798. The van der Waals surface area contributed by atoms with Crippen LogP contribution in [0.25, 0.3) is 0 Å². The van der Waals surface area contributed by atoms with E-state index in [0.717, 1.165) is 17.5 Å². The summed E-state index contributed by atoms with van der Waals surface area (Å²) in [6.45, 7) is 6.08. The Hall–Kier alpha value is -1.73. The predicted molar refractivity (Wildman–Crippen MR) is 80.8 cm³/mol. The maximum Gasteiger partial charge on any atom is 0.245 e. The summed E-state index contributed by atoms with van der Waals surface area (Å²) in [4.78, 5) is 4.52. The fraction of sp³-hybridized carbons (Fsp3) is 0.467. The summed E-state index contributed by atoms with van der Waals surface area (Å²) < 4.78 is 32.5. The second-order valence-corrected chi connectivity index (χ2v) is 7.59. The summed E-state index contributed by atoms with van der Waals surface area (Å²) >= 11 is 0. The highest BCUT2D eigenvalue weighted by atomic mass is 32.2. The monoisotopic (exact) mass is 321 g/mol. The lowest BCUT2D eigenvalue weighted by molar-refractivity contribution is 0.289. The van der Waals surface area contributed by atoms with E-state index < -0.39 is 10.0 Å². The first-order valence-corrected chi connectivity index (χ1v) is 8.73. The van der Waals surface area contributed by atoms with Gasteiger partial charge in [0, 0.05) is 6.54 Å². The van der Waals surface area contributed by atoms with Crippen LogP contribution >= 0.6 is 0 Å². The Morgan fingerprint density at radius 1 is 1.23 bits per heavy atom. The molecule has 0 radical (unpaired) electrons. The molecule has 0 amide bonds. The Labute approximate surface area is 130 Å². The molecule has 0 aliphatic carbocycles. The van der Waals surface area contributed by atoms with Crippen LogP contribution in [0.4, 0.5) is 0 Å². The minimum atomic E-state index is -3.56. The normalized spacial score (nSPS) is 19.7. The lowest BCUT2D eigenvalue weighted by Crippen LogP contribution is -2.31. The molecule has 0 N–H and O–H groups in total. The zero-order valence-corrected chi connectivity index (χ0v) is 13.7. The highest BCUT2D eigenvalue weighted by molar-refractivity contribution is 7.89. The second kappa shape index (κ2) is 5.48. The standard InChI is InChI=1S/C15H19N3O3S/c1-10-6-7-13(9-11(10)2)22(19,20)18-8-4-5-14(18)15-16-12(3)17-21-15/h6-7,9,14H,4-5,8H2,1-3H3. The minimum absolute atomic E-state index is 0.318. The van der Waals surface area contributed by atoms with Crippen molar-refractivity contribution in [2.45, 2.75) is 44.6 Å². The van der Waals surface area contributed by atoms with Gasteiger partial charge in [-0.25, -0.2) is 8.42 Å². The van der Waals surface area contributed by atoms with Crippen molar-refractivity contribution in [1.29, 1.82) is 0 Å².